The van der Waals surface area contributed by atoms with E-state index < -0.39 is 11.4 Å². The Morgan fingerprint density at radius 1 is 0.932 bits per heavy atom. The quantitative estimate of drug-likeness (QED) is 0.166. The lowest BCUT2D eigenvalue weighted by molar-refractivity contribution is 0.0685. The van der Waals surface area contributed by atoms with Crippen LogP contribution in [0.3, 0.4) is 0 Å². The smallest absolute Gasteiger partial charge is 0.286 e. The minimum Gasteiger partial charge on any atom is -0.493 e. The van der Waals surface area contributed by atoms with Crippen molar-refractivity contribution in [1.82, 2.24) is 9.47 Å². The fourth-order valence-electron chi connectivity index (χ4n) is 5.52. The Labute approximate surface area is 262 Å². The van der Waals surface area contributed by atoms with E-state index in [4.69, 9.17) is 0 Å². The maximum atomic E-state index is 14.0. The number of carbonyl (C=O) groups is 1. The van der Waals surface area contributed by atoms with E-state index in [1.54, 1.807) is 61.5 Å². The van der Waals surface area contributed by atoms with Gasteiger partial charge in [-0.2, -0.15) is 10.4 Å². The lowest BCUT2D eigenvalue weighted by Gasteiger charge is -2.31. The highest BCUT2D eigenvalue weighted by atomic mass is 16.3. The van der Waals surface area contributed by atoms with E-state index in [1.165, 1.54) is 0 Å². The summed E-state index contributed by atoms with van der Waals surface area (Å²) in [5, 5.41) is 29.1. The number of carbonyl (C=O) groups excluding carboxylic acids is 1. The Balaban J connectivity index is 1.97. The van der Waals surface area contributed by atoms with Crippen molar-refractivity contribution in [1.29, 1.82) is 5.26 Å². The van der Waals surface area contributed by atoms with Crippen LogP contribution in [0.4, 0.5) is 11.4 Å². The zero-order valence-electron chi connectivity index (χ0n) is 26.9. The molecule has 1 amide bonds. The Morgan fingerprint density at radius 3 is 2.09 bits per heavy atom. The summed E-state index contributed by atoms with van der Waals surface area (Å²) < 4.78 is 1.06. The van der Waals surface area contributed by atoms with Crippen molar-refractivity contribution >= 4 is 17.3 Å². The zero-order valence-corrected chi connectivity index (χ0v) is 26.9. The number of unbranched alkanes of at least 4 members (excludes halogenated alkanes) is 2. The summed E-state index contributed by atoms with van der Waals surface area (Å²) in [4.78, 5) is 29.5. The first kappa shape index (κ1) is 34.2. The molecule has 8 nitrogen and oxygen atoms in total. The van der Waals surface area contributed by atoms with Gasteiger partial charge in [-0.25, -0.2) is 4.57 Å². The predicted octanol–water partition coefficient (Wildman–Crippen LogP) is 9.01. The number of para-hydroxylation sites is 1. The van der Waals surface area contributed by atoms with Crippen molar-refractivity contribution in [3.63, 3.8) is 0 Å². The van der Waals surface area contributed by atoms with Crippen molar-refractivity contribution in [2.45, 2.75) is 86.0 Å². The molecule has 0 radical (unpaired) electrons. The number of hydrogen-bond acceptors (Lipinski definition) is 6. The first-order valence-electron chi connectivity index (χ1n) is 16.0. The molecule has 234 valence electrons. The number of pyridine rings is 1. The highest BCUT2D eigenvalue weighted by Crippen LogP contribution is 2.29. The number of rotatable bonds is 16. The molecule has 0 aliphatic heterocycles. The molecule has 2 unspecified atom stereocenters. The average Bonchev–Trinajstić information content (AvgIpc) is 3.04. The lowest BCUT2D eigenvalue weighted by atomic mass is 9.95. The van der Waals surface area contributed by atoms with E-state index >= 15 is 0 Å². The summed E-state index contributed by atoms with van der Waals surface area (Å²) in [5.41, 5.74) is 0.892. The third-order valence-electron chi connectivity index (χ3n) is 8.39. The van der Waals surface area contributed by atoms with Crippen LogP contribution in [0, 0.1) is 30.1 Å². The van der Waals surface area contributed by atoms with Gasteiger partial charge in [0.25, 0.3) is 11.5 Å². The predicted molar refractivity (Wildman–Crippen MR) is 176 cm³/mol. The molecule has 0 fully saturated rings. The van der Waals surface area contributed by atoms with Crippen LogP contribution < -0.4 is 5.56 Å². The molecule has 2 atom stereocenters. The first-order chi connectivity index (χ1) is 21.3. The van der Waals surface area contributed by atoms with E-state index in [1.807, 2.05) is 11.0 Å². The highest BCUT2D eigenvalue weighted by Gasteiger charge is 2.23. The fraction of sp³-hybridized carbons (Fsp3) is 0.472. The normalized spacial score (nSPS) is 12.6. The van der Waals surface area contributed by atoms with E-state index in [9.17, 15) is 20.0 Å². The van der Waals surface area contributed by atoms with Gasteiger partial charge < -0.3 is 10.0 Å². The summed E-state index contributed by atoms with van der Waals surface area (Å²) in [6.45, 7) is 11.8. The van der Waals surface area contributed by atoms with E-state index in [2.05, 4.69) is 37.9 Å². The number of benzene rings is 2. The van der Waals surface area contributed by atoms with Gasteiger partial charge in [-0.15, -0.1) is 5.11 Å². The molecule has 1 N–H and O–H groups in total. The molecular formula is C36H47N5O3. The van der Waals surface area contributed by atoms with Crippen molar-refractivity contribution in [2.75, 3.05) is 13.1 Å². The second-order valence-electron chi connectivity index (χ2n) is 11.6. The molecule has 2 aromatic carbocycles. The zero-order chi connectivity index (χ0) is 32.1. The lowest BCUT2D eigenvalue weighted by Crippen LogP contribution is -2.39. The molecule has 0 spiro atoms. The third-order valence-corrected chi connectivity index (χ3v) is 8.39. The summed E-state index contributed by atoms with van der Waals surface area (Å²) in [6.07, 6.45) is 8.85. The van der Waals surface area contributed by atoms with Crippen LogP contribution in [0.1, 0.15) is 101 Å². The Bertz CT molecular complexity index is 1490. The molecule has 1 heterocycles. The van der Waals surface area contributed by atoms with Crippen LogP contribution in [-0.2, 0) is 0 Å². The molecule has 8 heteroatoms. The van der Waals surface area contributed by atoms with E-state index in [-0.39, 0.29) is 22.7 Å². The number of nitriles is 1. The van der Waals surface area contributed by atoms with Gasteiger partial charge in [0.2, 0.25) is 5.88 Å². The van der Waals surface area contributed by atoms with Crippen LogP contribution in [0.25, 0.3) is 5.69 Å². The Kier molecular flexibility index (Phi) is 13.3. The van der Waals surface area contributed by atoms with Gasteiger partial charge in [0.05, 0.1) is 11.4 Å². The monoisotopic (exact) mass is 597 g/mol. The molecule has 0 aliphatic carbocycles. The standard InChI is InChI=1S/C36H47N5O3/c1-6-10-16-27(8-3)24-40(25-28(9-4)17-11-7-2)34(42)29-18-15-19-30(22-29)38-39-33-26(5)32(23-37)35(43)41(36(33)44)31-20-13-12-14-21-31/h12-15,18-22,27-28,43H,6-11,16-17,24-25H2,1-5H3. The maximum absolute atomic E-state index is 14.0. The SMILES string of the molecule is CCCCC(CC)CN(CC(CC)CCCC)C(=O)c1cccc(N=Nc2c(C)c(C#N)c(O)n(-c3ccccc3)c2=O)c1. The highest BCUT2D eigenvalue weighted by molar-refractivity contribution is 5.95. The van der Waals surface area contributed by atoms with Crippen molar-refractivity contribution in [3.8, 4) is 17.6 Å². The molecule has 0 saturated heterocycles. The number of nitrogens with zero attached hydrogens (tertiary/aromatic N) is 5. The van der Waals surface area contributed by atoms with Gasteiger partial charge in [-0.1, -0.05) is 90.5 Å². The van der Waals surface area contributed by atoms with Gasteiger partial charge in [0, 0.05) is 24.2 Å². The van der Waals surface area contributed by atoms with E-state index in [0.717, 1.165) is 69.0 Å². The Morgan fingerprint density at radius 2 is 1.55 bits per heavy atom. The van der Waals surface area contributed by atoms with Gasteiger partial charge >= 0.3 is 0 Å². The van der Waals surface area contributed by atoms with Crippen molar-refractivity contribution in [2.24, 2.45) is 22.1 Å². The topological polar surface area (TPSA) is 111 Å². The van der Waals surface area contributed by atoms with Gasteiger partial charge in [-0.3, -0.25) is 9.59 Å². The molecule has 3 rings (SSSR count). The molecule has 44 heavy (non-hydrogen) atoms. The number of azo groups is 1. The van der Waals surface area contributed by atoms with Crippen LogP contribution in [0.2, 0.25) is 0 Å². The minimum atomic E-state index is -0.595. The van der Waals surface area contributed by atoms with E-state index in [0.29, 0.717) is 28.8 Å². The number of aromatic nitrogens is 1. The second kappa shape index (κ2) is 17.1. The number of amides is 1. The van der Waals surface area contributed by atoms with Crippen LogP contribution in [0.15, 0.2) is 69.6 Å². The molecular weight excluding hydrogens is 550 g/mol. The average molecular weight is 598 g/mol. The first-order valence-corrected chi connectivity index (χ1v) is 16.0. The van der Waals surface area contributed by atoms with Crippen molar-refractivity contribution < 1.29 is 9.90 Å². The largest absolute Gasteiger partial charge is 0.493 e. The van der Waals surface area contributed by atoms with Crippen LogP contribution in [0.5, 0.6) is 5.88 Å². The third kappa shape index (κ3) is 8.66. The maximum Gasteiger partial charge on any atom is 0.286 e. The minimum absolute atomic E-state index is 0.0223. The summed E-state index contributed by atoms with van der Waals surface area (Å²) in [5.74, 6) is 0.431. The second-order valence-corrected chi connectivity index (χ2v) is 11.6. The summed E-state index contributed by atoms with van der Waals surface area (Å²) in [7, 11) is 0. The molecule has 0 bridgehead atoms. The van der Waals surface area contributed by atoms with Gasteiger partial charge in [-0.05, 0) is 61.9 Å². The van der Waals surface area contributed by atoms with Crippen LogP contribution in [-0.4, -0.2) is 33.6 Å². The summed E-state index contributed by atoms with van der Waals surface area (Å²) in [6, 6.07) is 17.6. The van der Waals surface area contributed by atoms with Gasteiger partial charge in [0.1, 0.15) is 11.6 Å². The number of aromatic hydroxyl groups is 1. The Hall–Kier alpha value is -4.25. The molecule has 0 saturated carbocycles. The molecule has 3 aromatic rings. The van der Waals surface area contributed by atoms with Crippen molar-refractivity contribution in [3.05, 3.63) is 81.6 Å². The van der Waals surface area contributed by atoms with Gasteiger partial charge in [0.15, 0.2) is 5.69 Å². The molecule has 0 aliphatic rings. The number of hydrogen-bond donors (Lipinski definition) is 1. The molecule has 1 aromatic heterocycles. The fourth-order valence-corrected chi connectivity index (χ4v) is 5.52. The summed E-state index contributed by atoms with van der Waals surface area (Å²) >= 11 is 0. The van der Waals surface area contributed by atoms with Crippen LogP contribution >= 0.6 is 0 Å².